The van der Waals surface area contributed by atoms with Gasteiger partial charge >= 0.3 is 0 Å². The van der Waals surface area contributed by atoms with Crippen molar-refractivity contribution in [3.05, 3.63) is 47.0 Å². The number of benzene rings is 2. The van der Waals surface area contributed by atoms with E-state index in [1.54, 1.807) is 0 Å². The molecule has 134 valence electrons. The zero-order valence-corrected chi connectivity index (χ0v) is 15.1. The number of unbranched alkanes of at least 4 members (excludes halogenated alkanes) is 4. The first-order chi connectivity index (χ1) is 12.2. The second-order valence-electron chi connectivity index (χ2n) is 6.85. The fourth-order valence-electron chi connectivity index (χ4n) is 3.44. The molecule has 0 saturated carbocycles. The number of halogens is 2. The van der Waals surface area contributed by atoms with Crippen molar-refractivity contribution in [1.82, 2.24) is 0 Å². The minimum atomic E-state index is -0.336. The van der Waals surface area contributed by atoms with Crippen molar-refractivity contribution in [3.8, 4) is 0 Å². The lowest BCUT2D eigenvalue weighted by Gasteiger charge is -2.03. The predicted octanol–water partition coefficient (Wildman–Crippen LogP) is 7.33. The lowest BCUT2D eigenvalue weighted by molar-refractivity contribution is 0.542. The molecule has 0 N–H and O–H groups in total. The fraction of sp³-hybridized carbons (Fsp3) is 0.455. The van der Waals surface area contributed by atoms with Gasteiger partial charge in [-0.05, 0) is 48.9 Å². The highest BCUT2D eigenvalue weighted by atomic mass is 19.1. The van der Waals surface area contributed by atoms with Crippen molar-refractivity contribution in [3.63, 3.8) is 0 Å². The zero-order valence-electron chi connectivity index (χ0n) is 15.1. The van der Waals surface area contributed by atoms with Gasteiger partial charge in [0.1, 0.15) is 0 Å². The van der Waals surface area contributed by atoms with E-state index in [0.29, 0.717) is 34.7 Å². The van der Waals surface area contributed by atoms with E-state index in [2.05, 4.69) is 13.8 Å². The Morgan fingerprint density at radius 1 is 0.680 bits per heavy atom. The Morgan fingerprint density at radius 3 is 1.52 bits per heavy atom. The Morgan fingerprint density at radius 2 is 1.12 bits per heavy atom. The molecular formula is C22H26F2O. The van der Waals surface area contributed by atoms with Crippen LogP contribution in [0, 0.1) is 11.6 Å². The lowest BCUT2D eigenvalue weighted by atomic mass is 10.0. The third kappa shape index (κ3) is 3.56. The Bertz CT molecular complexity index is 793. The second kappa shape index (κ2) is 7.99. The third-order valence-electron chi connectivity index (χ3n) is 4.95. The summed E-state index contributed by atoms with van der Waals surface area (Å²) in [5.41, 5.74) is 1.69. The molecule has 1 aromatic heterocycles. The monoisotopic (exact) mass is 344 g/mol. The zero-order chi connectivity index (χ0) is 17.8. The molecular weight excluding hydrogens is 318 g/mol. The summed E-state index contributed by atoms with van der Waals surface area (Å²) in [4.78, 5) is 0. The van der Waals surface area contributed by atoms with Crippen LogP contribution in [0.3, 0.4) is 0 Å². The summed E-state index contributed by atoms with van der Waals surface area (Å²) >= 11 is 0. The number of aryl methyl sites for hydroxylation is 2. The van der Waals surface area contributed by atoms with Crippen LogP contribution in [0.2, 0.25) is 0 Å². The van der Waals surface area contributed by atoms with Gasteiger partial charge in [-0.2, -0.15) is 0 Å². The summed E-state index contributed by atoms with van der Waals surface area (Å²) in [6.45, 7) is 4.25. The van der Waals surface area contributed by atoms with Gasteiger partial charge in [0.25, 0.3) is 0 Å². The normalized spacial score (nSPS) is 11.7. The van der Waals surface area contributed by atoms with Gasteiger partial charge in [0, 0.05) is 10.8 Å². The molecule has 0 radical (unpaired) electrons. The molecule has 0 atom stereocenters. The van der Waals surface area contributed by atoms with Gasteiger partial charge in [0.2, 0.25) is 0 Å². The molecule has 0 aliphatic carbocycles. The summed E-state index contributed by atoms with van der Waals surface area (Å²) in [7, 11) is 0. The summed E-state index contributed by atoms with van der Waals surface area (Å²) in [5.74, 6) is -0.673. The topological polar surface area (TPSA) is 13.1 Å². The summed E-state index contributed by atoms with van der Waals surface area (Å²) in [6.07, 6.45) is 7.64. The molecule has 0 aliphatic heterocycles. The number of fused-ring (bicyclic) bond motifs is 3. The molecule has 3 heteroatoms. The van der Waals surface area contributed by atoms with Crippen molar-refractivity contribution in [1.29, 1.82) is 0 Å². The van der Waals surface area contributed by atoms with Crippen molar-refractivity contribution in [2.24, 2.45) is 0 Å². The second-order valence-corrected chi connectivity index (χ2v) is 6.85. The van der Waals surface area contributed by atoms with Crippen LogP contribution in [0.15, 0.2) is 28.7 Å². The quantitative estimate of drug-likeness (QED) is 0.390. The van der Waals surface area contributed by atoms with Crippen LogP contribution in [0.5, 0.6) is 0 Å². The Hall–Kier alpha value is -1.90. The van der Waals surface area contributed by atoms with Crippen molar-refractivity contribution >= 4 is 21.9 Å². The lowest BCUT2D eigenvalue weighted by Crippen LogP contribution is -1.91. The number of hydrogen-bond donors (Lipinski definition) is 0. The van der Waals surface area contributed by atoms with Crippen LogP contribution < -0.4 is 0 Å². The molecule has 0 spiro atoms. The SMILES string of the molecule is CCCCCc1ccc2c(oc3c(F)c(CCCCC)ccc32)c1F. The van der Waals surface area contributed by atoms with Crippen LogP contribution in [-0.2, 0) is 12.8 Å². The molecule has 0 unspecified atom stereocenters. The first kappa shape index (κ1) is 17.9. The first-order valence-electron chi connectivity index (χ1n) is 9.48. The molecule has 1 heterocycles. The summed E-state index contributed by atoms with van der Waals surface area (Å²) in [6, 6.07) is 7.36. The van der Waals surface area contributed by atoms with Crippen molar-refractivity contribution < 1.29 is 13.2 Å². The van der Waals surface area contributed by atoms with Gasteiger partial charge in [-0.1, -0.05) is 51.7 Å². The standard InChI is InChI=1S/C22H26F2O/c1-3-5-7-9-15-11-13-17-18-14-12-16(10-8-6-4-2)20(24)22(18)25-21(17)19(15)23/h11-14H,3-10H2,1-2H3. The van der Waals surface area contributed by atoms with E-state index < -0.39 is 0 Å². The highest BCUT2D eigenvalue weighted by Crippen LogP contribution is 2.34. The van der Waals surface area contributed by atoms with Crippen LogP contribution in [0.4, 0.5) is 8.78 Å². The van der Waals surface area contributed by atoms with Gasteiger partial charge in [-0.15, -0.1) is 0 Å². The Labute approximate surface area is 148 Å². The van der Waals surface area contributed by atoms with Gasteiger partial charge < -0.3 is 4.42 Å². The minimum absolute atomic E-state index is 0.189. The molecule has 0 amide bonds. The average Bonchev–Trinajstić information content (AvgIpc) is 3.00. The number of rotatable bonds is 8. The molecule has 2 aromatic carbocycles. The van der Waals surface area contributed by atoms with E-state index in [0.717, 1.165) is 38.5 Å². The molecule has 0 bridgehead atoms. The fourth-order valence-corrected chi connectivity index (χ4v) is 3.44. The highest BCUT2D eigenvalue weighted by molar-refractivity contribution is 6.05. The predicted molar refractivity (Wildman–Crippen MR) is 100 cm³/mol. The van der Waals surface area contributed by atoms with Gasteiger partial charge in [-0.3, -0.25) is 0 Å². The van der Waals surface area contributed by atoms with E-state index in [4.69, 9.17) is 4.42 Å². The maximum atomic E-state index is 14.8. The maximum absolute atomic E-state index is 14.8. The van der Waals surface area contributed by atoms with Crippen molar-refractivity contribution in [2.45, 2.75) is 65.2 Å². The van der Waals surface area contributed by atoms with E-state index in [1.165, 1.54) is 0 Å². The summed E-state index contributed by atoms with van der Waals surface area (Å²) < 4.78 is 35.3. The van der Waals surface area contributed by atoms with E-state index in [9.17, 15) is 8.78 Å². The molecule has 25 heavy (non-hydrogen) atoms. The largest absolute Gasteiger partial charge is 0.450 e. The van der Waals surface area contributed by atoms with E-state index >= 15 is 0 Å². The Kier molecular flexibility index (Phi) is 5.72. The Balaban J connectivity index is 1.99. The molecule has 0 saturated heterocycles. The number of furan rings is 1. The molecule has 3 rings (SSSR count). The average molecular weight is 344 g/mol. The van der Waals surface area contributed by atoms with E-state index in [1.807, 2.05) is 24.3 Å². The van der Waals surface area contributed by atoms with Gasteiger partial charge in [-0.25, -0.2) is 8.78 Å². The van der Waals surface area contributed by atoms with Gasteiger partial charge in [0.15, 0.2) is 22.8 Å². The third-order valence-corrected chi connectivity index (χ3v) is 4.95. The number of hydrogen-bond acceptors (Lipinski definition) is 1. The van der Waals surface area contributed by atoms with Crippen LogP contribution in [0.25, 0.3) is 21.9 Å². The van der Waals surface area contributed by atoms with Crippen LogP contribution in [0.1, 0.15) is 63.5 Å². The highest BCUT2D eigenvalue weighted by Gasteiger charge is 2.18. The van der Waals surface area contributed by atoms with Crippen molar-refractivity contribution in [2.75, 3.05) is 0 Å². The molecule has 0 aliphatic rings. The van der Waals surface area contributed by atoms with Gasteiger partial charge in [0.05, 0.1) is 0 Å². The van der Waals surface area contributed by atoms with E-state index in [-0.39, 0.29) is 22.8 Å². The maximum Gasteiger partial charge on any atom is 0.171 e. The summed E-state index contributed by atoms with van der Waals surface area (Å²) in [5, 5.41) is 1.32. The first-order valence-corrected chi connectivity index (χ1v) is 9.48. The molecule has 0 fully saturated rings. The molecule has 1 nitrogen and oxygen atoms in total. The van der Waals surface area contributed by atoms with Crippen LogP contribution in [-0.4, -0.2) is 0 Å². The molecule has 3 aromatic rings. The minimum Gasteiger partial charge on any atom is -0.450 e. The smallest absolute Gasteiger partial charge is 0.171 e. The van der Waals surface area contributed by atoms with Crippen LogP contribution >= 0.6 is 0 Å².